The molecule has 0 atom stereocenters. The van der Waals surface area contributed by atoms with Crippen molar-refractivity contribution in [3.8, 4) is 0 Å². The van der Waals surface area contributed by atoms with Crippen LogP contribution in [0, 0.1) is 12.8 Å². The van der Waals surface area contributed by atoms with Gasteiger partial charge in [-0.2, -0.15) is 5.10 Å². The van der Waals surface area contributed by atoms with Crippen molar-refractivity contribution in [2.75, 3.05) is 13.1 Å². The summed E-state index contributed by atoms with van der Waals surface area (Å²) in [4.78, 5) is 0. The average Bonchev–Trinajstić information content (AvgIpc) is 2.82. The number of rotatable bonds is 7. The molecule has 20 heavy (non-hydrogen) atoms. The van der Waals surface area contributed by atoms with E-state index in [4.69, 9.17) is 0 Å². The molecule has 0 spiro atoms. The molecule has 0 unspecified atom stereocenters. The van der Waals surface area contributed by atoms with E-state index in [-0.39, 0.29) is 0 Å². The molecule has 0 saturated carbocycles. The second kappa shape index (κ2) is 7.25. The first-order chi connectivity index (χ1) is 9.63. The maximum Gasteiger partial charge on any atom is 0.0659 e. The second-order valence-corrected chi connectivity index (χ2v) is 5.88. The lowest BCUT2D eigenvalue weighted by Crippen LogP contribution is -2.22. The third-order valence-electron chi connectivity index (χ3n) is 3.27. The van der Waals surface area contributed by atoms with Crippen LogP contribution in [-0.4, -0.2) is 22.9 Å². The molecule has 1 N–H and O–H groups in total. The number of hydrogen-bond acceptors (Lipinski definition) is 2. The van der Waals surface area contributed by atoms with Crippen molar-refractivity contribution in [1.82, 2.24) is 15.1 Å². The predicted molar refractivity (Wildman–Crippen MR) is 83.9 cm³/mol. The van der Waals surface area contributed by atoms with E-state index in [1.807, 2.05) is 10.9 Å². The van der Waals surface area contributed by atoms with E-state index in [0.29, 0.717) is 0 Å². The SMILES string of the molecule is Cc1cnn(Cc2ccc(CCNCC(C)C)cc2)c1. The zero-order valence-corrected chi connectivity index (χ0v) is 12.8. The lowest BCUT2D eigenvalue weighted by Gasteiger charge is -2.08. The topological polar surface area (TPSA) is 29.9 Å². The van der Waals surface area contributed by atoms with Crippen molar-refractivity contribution in [2.45, 2.75) is 33.7 Å². The number of nitrogens with zero attached hydrogens (tertiary/aromatic N) is 2. The van der Waals surface area contributed by atoms with Gasteiger partial charge in [-0.1, -0.05) is 38.1 Å². The van der Waals surface area contributed by atoms with Crippen LogP contribution in [0.15, 0.2) is 36.7 Å². The first-order valence-corrected chi connectivity index (χ1v) is 7.41. The molecule has 108 valence electrons. The van der Waals surface area contributed by atoms with Crippen molar-refractivity contribution in [1.29, 1.82) is 0 Å². The van der Waals surface area contributed by atoms with E-state index in [0.717, 1.165) is 32.0 Å². The Bertz CT molecular complexity index is 511. The van der Waals surface area contributed by atoms with Gasteiger partial charge in [0.1, 0.15) is 0 Å². The molecule has 0 radical (unpaired) electrons. The van der Waals surface area contributed by atoms with Crippen LogP contribution < -0.4 is 5.32 Å². The van der Waals surface area contributed by atoms with Crippen LogP contribution in [0.25, 0.3) is 0 Å². The highest BCUT2D eigenvalue weighted by molar-refractivity contribution is 5.23. The summed E-state index contributed by atoms with van der Waals surface area (Å²) < 4.78 is 1.98. The molecule has 2 rings (SSSR count). The maximum absolute atomic E-state index is 4.32. The Labute approximate surface area is 122 Å². The van der Waals surface area contributed by atoms with Gasteiger partial charge in [-0.05, 0) is 49.0 Å². The molecule has 1 aromatic carbocycles. The van der Waals surface area contributed by atoms with Gasteiger partial charge >= 0.3 is 0 Å². The van der Waals surface area contributed by atoms with Gasteiger partial charge in [0.2, 0.25) is 0 Å². The Morgan fingerprint density at radius 3 is 2.45 bits per heavy atom. The van der Waals surface area contributed by atoms with Gasteiger partial charge in [0.15, 0.2) is 0 Å². The standard InChI is InChI=1S/C17H25N3/c1-14(2)10-18-9-8-16-4-6-17(7-5-16)13-20-12-15(3)11-19-20/h4-7,11-12,14,18H,8-10,13H2,1-3H3. The summed E-state index contributed by atoms with van der Waals surface area (Å²) in [7, 11) is 0. The highest BCUT2D eigenvalue weighted by Gasteiger charge is 1.99. The normalized spacial score (nSPS) is 11.2. The Hall–Kier alpha value is -1.61. The second-order valence-electron chi connectivity index (χ2n) is 5.88. The number of hydrogen-bond donors (Lipinski definition) is 1. The molecular formula is C17H25N3. The molecule has 0 aliphatic heterocycles. The van der Waals surface area contributed by atoms with Crippen molar-refractivity contribution in [2.24, 2.45) is 5.92 Å². The summed E-state index contributed by atoms with van der Waals surface area (Å²) >= 11 is 0. The highest BCUT2D eigenvalue weighted by atomic mass is 15.3. The number of benzene rings is 1. The summed E-state index contributed by atoms with van der Waals surface area (Å²) in [5.74, 6) is 0.718. The van der Waals surface area contributed by atoms with Gasteiger partial charge in [0, 0.05) is 6.20 Å². The van der Waals surface area contributed by atoms with Gasteiger partial charge in [-0.3, -0.25) is 4.68 Å². The zero-order valence-electron chi connectivity index (χ0n) is 12.8. The van der Waals surface area contributed by atoms with Gasteiger partial charge in [0.25, 0.3) is 0 Å². The fourth-order valence-corrected chi connectivity index (χ4v) is 2.18. The fraction of sp³-hybridized carbons (Fsp3) is 0.471. The van der Waals surface area contributed by atoms with Crippen LogP contribution in [0.5, 0.6) is 0 Å². The van der Waals surface area contributed by atoms with Crippen molar-refractivity contribution in [3.05, 3.63) is 53.3 Å². The van der Waals surface area contributed by atoms with Crippen LogP contribution in [0.1, 0.15) is 30.5 Å². The largest absolute Gasteiger partial charge is 0.316 e. The van der Waals surface area contributed by atoms with Crippen molar-refractivity contribution in [3.63, 3.8) is 0 Å². The number of aryl methyl sites for hydroxylation is 1. The lowest BCUT2D eigenvalue weighted by atomic mass is 10.1. The van der Waals surface area contributed by atoms with E-state index >= 15 is 0 Å². The molecule has 0 aliphatic carbocycles. The van der Waals surface area contributed by atoms with E-state index < -0.39 is 0 Å². The summed E-state index contributed by atoms with van der Waals surface area (Å²) in [6.07, 6.45) is 5.06. The third kappa shape index (κ3) is 4.82. The average molecular weight is 271 g/mol. The van der Waals surface area contributed by atoms with E-state index in [1.54, 1.807) is 0 Å². The third-order valence-corrected chi connectivity index (χ3v) is 3.27. The molecule has 0 aliphatic rings. The van der Waals surface area contributed by atoms with Crippen LogP contribution in [0.3, 0.4) is 0 Å². The fourth-order valence-electron chi connectivity index (χ4n) is 2.18. The van der Waals surface area contributed by atoms with Gasteiger partial charge in [-0.25, -0.2) is 0 Å². The molecule has 2 aromatic rings. The minimum absolute atomic E-state index is 0.718. The van der Waals surface area contributed by atoms with Crippen molar-refractivity contribution >= 4 is 0 Å². The van der Waals surface area contributed by atoms with Crippen LogP contribution >= 0.6 is 0 Å². The van der Waals surface area contributed by atoms with E-state index in [2.05, 4.69) is 61.6 Å². The number of nitrogens with one attached hydrogen (secondary N) is 1. The van der Waals surface area contributed by atoms with Crippen LogP contribution in [-0.2, 0) is 13.0 Å². The smallest absolute Gasteiger partial charge is 0.0659 e. The summed E-state index contributed by atoms with van der Waals surface area (Å²) in [5.41, 5.74) is 3.89. The Morgan fingerprint density at radius 2 is 1.85 bits per heavy atom. The molecule has 0 saturated heterocycles. The molecule has 3 nitrogen and oxygen atoms in total. The molecule has 0 fully saturated rings. The Morgan fingerprint density at radius 1 is 1.15 bits per heavy atom. The van der Waals surface area contributed by atoms with Gasteiger partial charge in [-0.15, -0.1) is 0 Å². The maximum atomic E-state index is 4.32. The van der Waals surface area contributed by atoms with Crippen LogP contribution in [0.4, 0.5) is 0 Å². The minimum atomic E-state index is 0.718. The molecular weight excluding hydrogens is 246 g/mol. The summed E-state index contributed by atoms with van der Waals surface area (Å²) in [5, 5.41) is 7.79. The predicted octanol–water partition coefficient (Wildman–Crippen LogP) is 3.03. The highest BCUT2D eigenvalue weighted by Crippen LogP contribution is 2.07. The van der Waals surface area contributed by atoms with Gasteiger partial charge in [0.05, 0.1) is 12.7 Å². The first kappa shape index (κ1) is 14.8. The minimum Gasteiger partial charge on any atom is -0.316 e. The monoisotopic (exact) mass is 271 g/mol. The molecule has 3 heteroatoms. The van der Waals surface area contributed by atoms with Gasteiger partial charge < -0.3 is 5.32 Å². The quantitative estimate of drug-likeness (QED) is 0.785. The summed E-state index contributed by atoms with van der Waals surface area (Å²) in [6, 6.07) is 8.86. The molecule has 0 amide bonds. The molecule has 0 bridgehead atoms. The molecule has 1 aromatic heterocycles. The zero-order chi connectivity index (χ0) is 14.4. The number of aromatic nitrogens is 2. The van der Waals surface area contributed by atoms with Crippen molar-refractivity contribution < 1.29 is 0 Å². The molecule has 1 heterocycles. The van der Waals surface area contributed by atoms with E-state index in [9.17, 15) is 0 Å². The lowest BCUT2D eigenvalue weighted by molar-refractivity contribution is 0.554. The summed E-state index contributed by atoms with van der Waals surface area (Å²) in [6.45, 7) is 9.53. The Balaban J connectivity index is 1.80. The Kier molecular flexibility index (Phi) is 5.36. The van der Waals surface area contributed by atoms with Crippen LogP contribution in [0.2, 0.25) is 0 Å². The van der Waals surface area contributed by atoms with E-state index in [1.165, 1.54) is 16.7 Å². The first-order valence-electron chi connectivity index (χ1n) is 7.41.